The number of rotatable bonds is 2. The second-order valence-corrected chi connectivity index (χ2v) is 5.44. The summed E-state index contributed by atoms with van der Waals surface area (Å²) < 4.78 is 0. The predicted octanol–water partition coefficient (Wildman–Crippen LogP) is 3.66. The zero-order chi connectivity index (χ0) is 13.0. The van der Waals surface area contributed by atoms with Crippen LogP contribution in [0.4, 0.5) is 5.69 Å². The van der Waals surface area contributed by atoms with Crippen molar-refractivity contribution < 1.29 is 5.11 Å². The van der Waals surface area contributed by atoms with Gasteiger partial charge in [-0.05, 0) is 43.3 Å². The van der Waals surface area contributed by atoms with E-state index in [1.807, 2.05) is 0 Å². The van der Waals surface area contributed by atoms with Gasteiger partial charge in [0.25, 0.3) is 0 Å². The van der Waals surface area contributed by atoms with Crippen LogP contribution < -0.4 is 10.6 Å². The molecule has 3 N–H and O–H groups in total. The first-order valence-electron chi connectivity index (χ1n) is 6.21. The molecule has 0 aliphatic heterocycles. The molecule has 3 nitrogen and oxygen atoms in total. The molecule has 0 aromatic heterocycles. The van der Waals surface area contributed by atoms with Crippen molar-refractivity contribution >= 4 is 34.6 Å². The lowest BCUT2D eigenvalue weighted by Gasteiger charge is -2.24. The lowest BCUT2D eigenvalue weighted by Crippen LogP contribution is -2.38. The molecule has 0 radical (unpaired) electrons. The Morgan fingerprint density at radius 2 is 2.00 bits per heavy atom. The van der Waals surface area contributed by atoms with Crippen LogP contribution in [0.1, 0.15) is 32.1 Å². The minimum Gasteiger partial charge on any atom is -0.506 e. The van der Waals surface area contributed by atoms with Gasteiger partial charge in [0.2, 0.25) is 0 Å². The maximum absolute atomic E-state index is 9.68. The van der Waals surface area contributed by atoms with Gasteiger partial charge in [0.1, 0.15) is 5.75 Å². The van der Waals surface area contributed by atoms with Gasteiger partial charge in [-0.15, -0.1) is 0 Å². The molecule has 1 aliphatic rings. The first-order valence-corrected chi connectivity index (χ1v) is 7.00. The van der Waals surface area contributed by atoms with Crippen LogP contribution in [0, 0.1) is 0 Å². The lowest BCUT2D eigenvalue weighted by molar-refractivity contribution is 0.414. The first kappa shape index (κ1) is 13.4. The number of hydrogen-bond donors (Lipinski definition) is 3. The van der Waals surface area contributed by atoms with Crippen molar-refractivity contribution in [3.63, 3.8) is 0 Å². The van der Waals surface area contributed by atoms with Crippen LogP contribution >= 0.6 is 23.8 Å². The van der Waals surface area contributed by atoms with Crippen molar-refractivity contribution in [2.24, 2.45) is 0 Å². The van der Waals surface area contributed by atoms with Gasteiger partial charge in [-0.25, -0.2) is 0 Å². The summed E-state index contributed by atoms with van der Waals surface area (Å²) in [6, 6.07) is 5.29. The Labute approximate surface area is 118 Å². The van der Waals surface area contributed by atoms with Crippen LogP contribution in [0.3, 0.4) is 0 Å². The molecular weight excluding hydrogens is 268 g/mol. The summed E-state index contributed by atoms with van der Waals surface area (Å²) in [5.41, 5.74) is 0.538. The number of nitrogens with one attached hydrogen (secondary N) is 2. The maximum atomic E-state index is 9.68. The number of aromatic hydroxyl groups is 1. The lowest BCUT2D eigenvalue weighted by atomic mass is 9.96. The van der Waals surface area contributed by atoms with E-state index in [0.717, 1.165) is 12.8 Å². The number of benzene rings is 1. The van der Waals surface area contributed by atoms with Crippen molar-refractivity contribution in [1.29, 1.82) is 0 Å². The third-order valence-corrected chi connectivity index (χ3v) is 3.60. The zero-order valence-corrected chi connectivity index (χ0v) is 11.7. The van der Waals surface area contributed by atoms with Crippen molar-refractivity contribution in [2.45, 2.75) is 38.1 Å². The highest BCUT2D eigenvalue weighted by Crippen LogP contribution is 2.26. The van der Waals surface area contributed by atoms with Crippen molar-refractivity contribution in [1.82, 2.24) is 5.32 Å². The molecule has 1 saturated carbocycles. The molecule has 0 spiro atoms. The Morgan fingerprint density at radius 3 is 2.72 bits per heavy atom. The Balaban J connectivity index is 1.92. The fourth-order valence-electron chi connectivity index (χ4n) is 2.20. The monoisotopic (exact) mass is 284 g/mol. The van der Waals surface area contributed by atoms with Crippen LogP contribution in [0.2, 0.25) is 5.02 Å². The number of thiocarbonyl (C=S) groups is 1. The molecule has 18 heavy (non-hydrogen) atoms. The fraction of sp³-hybridized carbons (Fsp3) is 0.462. The van der Waals surface area contributed by atoms with E-state index in [1.165, 1.54) is 19.3 Å². The Bertz CT molecular complexity index is 433. The predicted molar refractivity (Wildman–Crippen MR) is 79.3 cm³/mol. The van der Waals surface area contributed by atoms with Gasteiger partial charge in [-0.3, -0.25) is 0 Å². The summed E-state index contributed by atoms with van der Waals surface area (Å²) in [6.07, 6.45) is 6.13. The average molecular weight is 285 g/mol. The third kappa shape index (κ3) is 3.75. The summed E-state index contributed by atoms with van der Waals surface area (Å²) in [6.45, 7) is 0. The minimum atomic E-state index is 0.146. The smallest absolute Gasteiger partial charge is 0.171 e. The third-order valence-electron chi connectivity index (χ3n) is 3.15. The van der Waals surface area contributed by atoms with Gasteiger partial charge in [-0.1, -0.05) is 30.9 Å². The summed E-state index contributed by atoms with van der Waals surface area (Å²) in [5.74, 6) is 0.146. The summed E-state index contributed by atoms with van der Waals surface area (Å²) in [4.78, 5) is 0. The van der Waals surface area contributed by atoms with E-state index in [2.05, 4.69) is 10.6 Å². The molecular formula is C13H17ClN2OS. The first-order chi connectivity index (χ1) is 8.65. The number of halogens is 1. The fourth-order valence-corrected chi connectivity index (χ4v) is 2.65. The summed E-state index contributed by atoms with van der Waals surface area (Å²) in [5, 5.41) is 17.1. The van der Waals surface area contributed by atoms with E-state index in [-0.39, 0.29) is 5.75 Å². The molecule has 5 heteroatoms. The van der Waals surface area contributed by atoms with Gasteiger partial charge in [0.05, 0.1) is 5.69 Å². The van der Waals surface area contributed by atoms with Crippen molar-refractivity contribution in [3.05, 3.63) is 23.2 Å². The van der Waals surface area contributed by atoms with Crippen LogP contribution in [0.25, 0.3) is 0 Å². The number of phenols is 1. The number of anilines is 1. The molecule has 0 saturated heterocycles. The minimum absolute atomic E-state index is 0.146. The average Bonchev–Trinajstić information content (AvgIpc) is 2.35. The van der Waals surface area contributed by atoms with Crippen molar-refractivity contribution in [3.8, 4) is 5.75 Å². The van der Waals surface area contributed by atoms with Crippen LogP contribution in [-0.2, 0) is 0 Å². The number of hydrogen-bond acceptors (Lipinski definition) is 2. The molecule has 0 amide bonds. The topological polar surface area (TPSA) is 44.3 Å². The molecule has 0 atom stereocenters. The van der Waals surface area contributed by atoms with Gasteiger partial charge >= 0.3 is 0 Å². The molecule has 0 unspecified atom stereocenters. The van der Waals surface area contributed by atoms with Gasteiger partial charge in [0.15, 0.2) is 5.11 Å². The molecule has 2 rings (SSSR count). The van der Waals surface area contributed by atoms with Crippen LogP contribution in [0.15, 0.2) is 18.2 Å². The SMILES string of the molecule is Oc1ccc(Cl)cc1NC(=S)NC1CCCCC1. The maximum Gasteiger partial charge on any atom is 0.171 e. The molecule has 1 aliphatic carbocycles. The molecule has 0 bridgehead atoms. The summed E-state index contributed by atoms with van der Waals surface area (Å²) >= 11 is 11.1. The Kier molecular flexibility index (Phi) is 4.66. The molecule has 1 aromatic carbocycles. The largest absolute Gasteiger partial charge is 0.506 e. The second-order valence-electron chi connectivity index (χ2n) is 4.59. The highest BCUT2D eigenvalue weighted by Gasteiger charge is 2.14. The van der Waals surface area contributed by atoms with Gasteiger partial charge in [0, 0.05) is 11.1 Å². The molecule has 0 heterocycles. The Morgan fingerprint density at radius 1 is 1.28 bits per heavy atom. The van der Waals surface area contributed by atoms with E-state index in [9.17, 15) is 5.11 Å². The summed E-state index contributed by atoms with van der Waals surface area (Å²) in [7, 11) is 0. The van der Waals surface area contributed by atoms with Crippen LogP contribution in [0.5, 0.6) is 5.75 Å². The quantitative estimate of drug-likeness (QED) is 0.573. The van der Waals surface area contributed by atoms with Crippen LogP contribution in [-0.4, -0.2) is 16.3 Å². The second kappa shape index (κ2) is 6.25. The van der Waals surface area contributed by atoms with Gasteiger partial charge in [-0.2, -0.15) is 0 Å². The highest BCUT2D eigenvalue weighted by atomic mass is 35.5. The van der Waals surface area contributed by atoms with Crippen molar-refractivity contribution in [2.75, 3.05) is 5.32 Å². The van der Waals surface area contributed by atoms with E-state index < -0.39 is 0 Å². The van der Waals surface area contributed by atoms with E-state index in [4.69, 9.17) is 23.8 Å². The van der Waals surface area contributed by atoms with E-state index >= 15 is 0 Å². The number of phenolic OH excluding ortho intramolecular Hbond substituents is 1. The Hall–Kier alpha value is -1.00. The van der Waals surface area contributed by atoms with E-state index in [1.54, 1.807) is 18.2 Å². The van der Waals surface area contributed by atoms with E-state index in [0.29, 0.717) is 21.9 Å². The zero-order valence-electron chi connectivity index (χ0n) is 10.1. The molecule has 1 aromatic rings. The molecule has 1 fully saturated rings. The van der Waals surface area contributed by atoms with Gasteiger partial charge < -0.3 is 15.7 Å². The normalized spacial score (nSPS) is 16.3. The highest BCUT2D eigenvalue weighted by molar-refractivity contribution is 7.80. The molecule has 98 valence electrons. The standard InChI is InChI=1S/C13H17ClN2OS/c14-9-6-7-12(17)11(8-9)16-13(18)15-10-4-2-1-3-5-10/h6-8,10,17H,1-5H2,(H2,15,16,18).